The lowest BCUT2D eigenvalue weighted by Gasteiger charge is -2.17. The van der Waals surface area contributed by atoms with Gasteiger partial charge in [-0.15, -0.1) is 0 Å². The lowest BCUT2D eigenvalue weighted by molar-refractivity contribution is -0.118. The largest absolute Gasteiger partial charge is 0.494 e. The van der Waals surface area contributed by atoms with Gasteiger partial charge in [0.2, 0.25) is 5.91 Å². The number of rotatable bonds is 4. The third-order valence-corrected chi connectivity index (χ3v) is 3.26. The van der Waals surface area contributed by atoms with Crippen molar-refractivity contribution in [3.63, 3.8) is 0 Å². The molecule has 1 aromatic heterocycles. The van der Waals surface area contributed by atoms with Crippen LogP contribution in [0.1, 0.15) is 17.4 Å². The van der Waals surface area contributed by atoms with Crippen molar-refractivity contribution in [1.29, 1.82) is 0 Å². The Hall–Kier alpha value is -1.87. The van der Waals surface area contributed by atoms with Gasteiger partial charge in [-0.2, -0.15) is 8.42 Å². The maximum Gasteiger partial charge on any atom is 0.287 e. The Morgan fingerprint density at radius 2 is 2.06 bits per heavy atom. The highest BCUT2D eigenvalue weighted by atomic mass is 32.2. The molecule has 9 heteroatoms. The topological polar surface area (TPSA) is 140 Å². The number of primary amides is 1. The predicted molar refractivity (Wildman–Crippen MR) is 61.5 cm³/mol. The lowest BCUT2D eigenvalue weighted by Crippen LogP contribution is -2.32. The summed E-state index contributed by atoms with van der Waals surface area (Å²) in [5.41, 5.74) is 4.39. The molecule has 4 N–H and O–H groups in total. The van der Waals surface area contributed by atoms with Gasteiger partial charge in [0, 0.05) is 12.1 Å². The van der Waals surface area contributed by atoms with Gasteiger partial charge in [0.25, 0.3) is 15.7 Å². The zero-order valence-corrected chi connectivity index (χ0v) is 10.2. The Labute approximate surface area is 102 Å². The molecule has 18 heavy (non-hydrogen) atoms. The van der Waals surface area contributed by atoms with Crippen LogP contribution in [0.4, 0.5) is 0 Å². The standard InChI is InChI=1S/C9H12N2O6S/c1-5-2-7(13)11(8(14)3-5)9(4-6(10)12)18(15,16)17/h2-3,9,13H,4H2,1H3,(H2,10,12)(H,15,16,17). The van der Waals surface area contributed by atoms with Gasteiger partial charge in [-0.05, 0) is 12.5 Å². The van der Waals surface area contributed by atoms with Crippen molar-refractivity contribution in [2.24, 2.45) is 5.73 Å². The second-order valence-corrected chi connectivity index (χ2v) is 5.31. The van der Waals surface area contributed by atoms with Gasteiger partial charge in [0.15, 0.2) is 11.3 Å². The summed E-state index contributed by atoms with van der Waals surface area (Å²) in [6.07, 6.45) is -0.824. The molecule has 0 fully saturated rings. The first kappa shape index (κ1) is 14.2. The van der Waals surface area contributed by atoms with Crippen molar-refractivity contribution < 1.29 is 22.9 Å². The number of carbonyl (C=O) groups excluding carboxylic acids is 1. The van der Waals surface area contributed by atoms with Crippen LogP contribution >= 0.6 is 0 Å². The quantitative estimate of drug-likeness (QED) is 0.610. The molecule has 0 aliphatic carbocycles. The van der Waals surface area contributed by atoms with Gasteiger partial charge >= 0.3 is 0 Å². The van der Waals surface area contributed by atoms with E-state index in [0.717, 1.165) is 12.1 Å². The smallest absolute Gasteiger partial charge is 0.287 e. The van der Waals surface area contributed by atoms with Crippen LogP contribution in [-0.4, -0.2) is 28.6 Å². The van der Waals surface area contributed by atoms with E-state index in [4.69, 9.17) is 10.3 Å². The van der Waals surface area contributed by atoms with Crippen LogP contribution < -0.4 is 11.3 Å². The van der Waals surface area contributed by atoms with Crippen LogP contribution in [-0.2, 0) is 14.9 Å². The van der Waals surface area contributed by atoms with Crippen LogP contribution in [0.25, 0.3) is 0 Å². The van der Waals surface area contributed by atoms with Gasteiger partial charge in [0.05, 0.1) is 6.42 Å². The predicted octanol–water partition coefficient (Wildman–Crippen LogP) is -0.876. The third-order valence-electron chi connectivity index (χ3n) is 2.20. The number of pyridine rings is 1. The monoisotopic (exact) mass is 276 g/mol. The minimum atomic E-state index is -4.77. The van der Waals surface area contributed by atoms with E-state index in [2.05, 4.69) is 0 Å². The van der Waals surface area contributed by atoms with Crippen molar-refractivity contribution >= 4 is 16.0 Å². The number of hydrogen-bond acceptors (Lipinski definition) is 5. The van der Waals surface area contributed by atoms with E-state index in [9.17, 15) is 23.1 Å². The van der Waals surface area contributed by atoms with Gasteiger partial charge in [0.1, 0.15) is 0 Å². The Balaban J connectivity index is 3.49. The second-order valence-electron chi connectivity index (χ2n) is 3.74. The number of nitrogens with two attached hydrogens (primary N) is 1. The SMILES string of the molecule is Cc1cc(O)n(C(CC(N)=O)S(=O)(=O)O)c(=O)c1. The summed E-state index contributed by atoms with van der Waals surface area (Å²) in [7, 11) is -4.77. The fraction of sp³-hybridized carbons (Fsp3) is 0.333. The molecule has 1 heterocycles. The summed E-state index contributed by atoms with van der Waals surface area (Å²) in [6, 6.07) is 2.18. The molecule has 1 unspecified atom stereocenters. The number of hydrogen-bond donors (Lipinski definition) is 3. The average molecular weight is 276 g/mol. The first-order valence-electron chi connectivity index (χ1n) is 4.79. The Morgan fingerprint density at radius 3 is 2.44 bits per heavy atom. The number of aromatic nitrogens is 1. The fourth-order valence-electron chi connectivity index (χ4n) is 1.48. The first-order valence-corrected chi connectivity index (χ1v) is 6.30. The van der Waals surface area contributed by atoms with Crippen LogP contribution in [0, 0.1) is 6.92 Å². The minimum absolute atomic E-state index is 0.396. The molecule has 0 aliphatic rings. The number of nitrogens with zero attached hydrogens (tertiary/aromatic N) is 1. The molecule has 0 spiro atoms. The summed E-state index contributed by atoms with van der Waals surface area (Å²) in [6.45, 7) is 1.52. The van der Waals surface area contributed by atoms with Gasteiger partial charge in [-0.25, -0.2) is 0 Å². The zero-order valence-electron chi connectivity index (χ0n) is 9.40. The number of carbonyl (C=O) groups is 1. The van der Waals surface area contributed by atoms with E-state index in [1.807, 2.05) is 0 Å². The molecule has 0 saturated carbocycles. The maximum atomic E-state index is 11.6. The van der Waals surface area contributed by atoms with E-state index in [-0.39, 0.29) is 0 Å². The van der Waals surface area contributed by atoms with Crippen molar-refractivity contribution in [2.75, 3.05) is 0 Å². The summed E-state index contributed by atoms with van der Waals surface area (Å²) in [5.74, 6) is -1.71. The molecule has 1 rings (SSSR count). The second kappa shape index (κ2) is 4.78. The molecule has 1 atom stereocenters. The molecule has 1 amide bonds. The summed E-state index contributed by atoms with van der Waals surface area (Å²) in [4.78, 5) is 22.4. The molecule has 0 radical (unpaired) electrons. The van der Waals surface area contributed by atoms with Gasteiger partial charge in [-0.1, -0.05) is 0 Å². The first-order chi connectivity index (χ1) is 8.12. The summed E-state index contributed by atoms with van der Waals surface area (Å²) in [5, 5.41) is 7.61. The Bertz CT molecular complexity index is 633. The van der Waals surface area contributed by atoms with E-state index in [1.165, 1.54) is 6.92 Å². The molecular formula is C9H12N2O6S. The average Bonchev–Trinajstić information content (AvgIpc) is 2.12. The Morgan fingerprint density at radius 1 is 1.50 bits per heavy atom. The lowest BCUT2D eigenvalue weighted by atomic mass is 10.3. The van der Waals surface area contributed by atoms with E-state index >= 15 is 0 Å². The molecule has 0 aliphatic heterocycles. The van der Waals surface area contributed by atoms with E-state index in [0.29, 0.717) is 10.1 Å². The van der Waals surface area contributed by atoms with Crippen LogP contribution in [0.15, 0.2) is 16.9 Å². The van der Waals surface area contributed by atoms with Crippen molar-refractivity contribution in [1.82, 2.24) is 4.57 Å². The van der Waals surface area contributed by atoms with Crippen LogP contribution in [0.3, 0.4) is 0 Å². The Kier molecular flexibility index (Phi) is 3.77. The number of aryl methyl sites for hydroxylation is 1. The van der Waals surface area contributed by atoms with Gasteiger partial charge in [-0.3, -0.25) is 18.7 Å². The molecule has 8 nitrogen and oxygen atoms in total. The van der Waals surface area contributed by atoms with Crippen molar-refractivity contribution in [3.05, 3.63) is 28.0 Å². The van der Waals surface area contributed by atoms with Crippen molar-refractivity contribution in [2.45, 2.75) is 18.7 Å². The summed E-state index contributed by atoms with van der Waals surface area (Å²) >= 11 is 0. The summed E-state index contributed by atoms with van der Waals surface area (Å²) < 4.78 is 31.7. The zero-order chi connectivity index (χ0) is 14.1. The minimum Gasteiger partial charge on any atom is -0.494 e. The number of aromatic hydroxyl groups is 1. The fourth-order valence-corrected chi connectivity index (χ4v) is 2.34. The highest BCUT2D eigenvalue weighted by molar-refractivity contribution is 7.85. The highest BCUT2D eigenvalue weighted by Gasteiger charge is 2.29. The van der Waals surface area contributed by atoms with E-state index < -0.39 is 39.3 Å². The molecular weight excluding hydrogens is 264 g/mol. The molecule has 1 aromatic rings. The number of amides is 1. The highest BCUT2D eigenvalue weighted by Crippen LogP contribution is 2.22. The van der Waals surface area contributed by atoms with Crippen LogP contribution in [0.5, 0.6) is 5.88 Å². The molecule has 0 saturated heterocycles. The van der Waals surface area contributed by atoms with Gasteiger partial charge < -0.3 is 10.8 Å². The molecule has 100 valence electrons. The van der Waals surface area contributed by atoms with Crippen LogP contribution in [0.2, 0.25) is 0 Å². The third kappa shape index (κ3) is 3.08. The van der Waals surface area contributed by atoms with E-state index in [1.54, 1.807) is 0 Å². The van der Waals surface area contributed by atoms with Crippen molar-refractivity contribution in [3.8, 4) is 5.88 Å². The maximum absolute atomic E-state index is 11.6. The molecule has 0 aromatic carbocycles. The molecule has 0 bridgehead atoms. The normalized spacial score (nSPS) is 13.2.